The van der Waals surface area contributed by atoms with Crippen molar-refractivity contribution in [3.63, 3.8) is 0 Å². The molecule has 1 N–H and O–H groups in total. The fraction of sp³-hybridized carbons (Fsp3) is 0.167. The highest BCUT2D eigenvalue weighted by Crippen LogP contribution is 2.24. The number of hydrogen-bond acceptors (Lipinski definition) is 4. The van der Waals surface area contributed by atoms with Crippen molar-refractivity contribution < 1.29 is 13.9 Å². The zero-order valence-corrected chi connectivity index (χ0v) is 10.5. The van der Waals surface area contributed by atoms with Gasteiger partial charge in [-0.2, -0.15) is 0 Å². The van der Waals surface area contributed by atoms with E-state index in [9.17, 15) is 9.18 Å². The summed E-state index contributed by atoms with van der Waals surface area (Å²) in [4.78, 5) is 15.4. The molecule has 0 aliphatic carbocycles. The molecule has 0 atom stereocenters. The Morgan fingerprint density at radius 1 is 1.44 bits per heavy atom. The minimum atomic E-state index is -0.530. The SMILES string of the molecule is CCOC(=O)Nc1nc(-c2ccc(F)cc2)cs1. The van der Waals surface area contributed by atoms with Crippen molar-refractivity contribution in [2.75, 3.05) is 11.9 Å². The molecule has 0 aliphatic rings. The maximum absolute atomic E-state index is 12.8. The first-order chi connectivity index (χ1) is 8.69. The van der Waals surface area contributed by atoms with E-state index < -0.39 is 6.09 Å². The Morgan fingerprint density at radius 3 is 2.83 bits per heavy atom. The van der Waals surface area contributed by atoms with Crippen molar-refractivity contribution in [1.29, 1.82) is 0 Å². The van der Waals surface area contributed by atoms with E-state index in [1.165, 1.54) is 23.5 Å². The number of ether oxygens (including phenoxy) is 1. The summed E-state index contributed by atoms with van der Waals surface area (Å²) < 4.78 is 17.5. The number of rotatable bonds is 3. The average Bonchev–Trinajstić information content (AvgIpc) is 2.78. The molecule has 0 bridgehead atoms. The normalized spacial score (nSPS) is 10.1. The van der Waals surface area contributed by atoms with Crippen LogP contribution < -0.4 is 5.32 Å². The number of nitrogens with one attached hydrogen (secondary N) is 1. The van der Waals surface area contributed by atoms with Crippen LogP contribution in [0.25, 0.3) is 11.3 Å². The first-order valence-corrected chi connectivity index (χ1v) is 6.22. The van der Waals surface area contributed by atoms with Crippen LogP contribution >= 0.6 is 11.3 Å². The Morgan fingerprint density at radius 2 is 2.17 bits per heavy atom. The van der Waals surface area contributed by atoms with Gasteiger partial charge in [-0.1, -0.05) is 0 Å². The summed E-state index contributed by atoms with van der Waals surface area (Å²) in [7, 11) is 0. The highest BCUT2D eigenvalue weighted by Gasteiger charge is 2.08. The zero-order valence-electron chi connectivity index (χ0n) is 9.64. The summed E-state index contributed by atoms with van der Waals surface area (Å²) in [5.41, 5.74) is 1.48. The van der Waals surface area contributed by atoms with Gasteiger partial charge < -0.3 is 4.74 Å². The minimum absolute atomic E-state index is 0.293. The molecule has 1 aromatic heterocycles. The summed E-state index contributed by atoms with van der Waals surface area (Å²) in [5, 5.41) is 4.75. The molecule has 0 fully saturated rings. The third-order valence-electron chi connectivity index (χ3n) is 2.13. The van der Waals surface area contributed by atoms with Gasteiger partial charge in [0.1, 0.15) is 5.82 Å². The number of carbonyl (C=O) groups is 1. The third kappa shape index (κ3) is 3.04. The van der Waals surface area contributed by atoms with E-state index in [0.717, 1.165) is 5.56 Å². The minimum Gasteiger partial charge on any atom is -0.450 e. The summed E-state index contributed by atoms with van der Waals surface area (Å²) in [6.07, 6.45) is -0.530. The van der Waals surface area contributed by atoms with Gasteiger partial charge in [0.05, 0.1) is 12.3 Å². The maximum atomic E-state index is 12.8. The summed E-state index contributed by atoms with van der Waals surface area (Å²) in [6.45, 7) is 2.04. The lowest BCUT2D eigenvalue weighted by molar-refractivity contribution is 0.168. The number of hydrogen-bond donors (Lipinski definition) is 1. The molecule has 2 rings (SSSR count). The van der Waals surface area contributed by atoms with Gasteiger partial charge in [0, 0.05) is 10.9 Å². The van der Waals surface area contributed by atoms with Crippen LogP contribution in [0.2, 0.25) is 0 Å². The number of aromatic nitrogens is 1. The molecule has 0 saturated carbocycles. The lowest BCUT2D eigenvalue weighted by Gasteiger charge is -2.00. The predicted octanol–water partition coefficient (Wildman–Crippen LogP) is 3.52. The Bertz CT molecular complexity index is 539. The monoisotopic (exact) mass is 266 g/mol. The molecular weight excluding hydrogens is 255 g/mol. The number of nitrogens with zero attached hydrogens (tertiary/aromatic N) is 1. The van der Waals surface area contributed by atoms with Gasteiger partial charge in [-0.15, -0.1) is 11.3 Å². The van der Waals surface area contributed by atoms with Gasteiger partial charge in [-0.25, -0.2) is 14.2 Å². The molecule has 0 saturated heterocycles. The third-order valence-corrected chi connectivity index (χ3v) is 2.89. The molecule has 1 aromatic carbocycles. The molecule has 6 heteroatoms. The maximum Gasteiger partial charge on any atom is 0.413 e. The molecule has 94 valence electrons. The van der Waals surface area contributed by atoms with E-state index in [1.807, 2.05) is 0 Å². The largest absolute Gasteiger partial charge is 0.450 e. The Labute approximate surface area is 107 Å². The molecule has 18 heavy (non-hydrogen) atoms. The molecule has 1 amide bonds. The van der Waals surface area contributed by atoms with E-state index in [0.29, 0.717) is 17.4 Å². The van der Waals surface area contributed by atoms with Crippen LogP contribution in [0.15, 0.2) is 29.6 Å². The average molecular weight is 266 g/mol. The van der Waals surface area contributed by atoms with Crippen molar-refractivity contribution in [1.82, 2.24) is 4.98 Å². The van der Waals surface area contributed by atoms with Crippen LogP contribution in [-0.4, -0.2) is 17.7 Å². The molecule has 2 aromatic rings. The van der Waals surface area contributed by atoms with Gasteiger partial charge in [0.2, 0.25) is 0 Å². The van der Waals surface area contributed by atoms with Gasteiger partial charge >= 0.3 is 6.09 Å². The lowest BCUT2D eigenvalue weighted by atomic mass is 10.2. The number of carbonyl (C=O) groups excluding carboxylic acids is 1. The van der Waals surface area contributed by atoms with E-state index in [4.69, 9.17) is 4.74 Å². The number of halogens is 1. The van der Waals surface area contributed by atoms with Crippen molar-refractivity contribution in [2.45, 2.75) is 6.92 Å². The van der Waals surface area contributed by atoms with Gasteiger partial charge in [0.15, 0.2) is 5.13 Å². The topological polar surface area (TPSA) is 51.2 Å². The smallest absolute Gasteiger partial charge is 0.413 e. The standard InChI is InChI=1S/C12H11FN2O2S/c1-2-17-12(16)15-11-14-10(7-18-11)8-3-5-9(13)6-4-8/h3-7H,2H2,1H3,(H,14,15,16). The second-order valence-corrected chi connectivity index (χ2v) is 4.25. The van der Waals surface area contributed by atoms with Gasteiger partial charge in [0.25, 0.3) is 0 Å². The van der Waals surface area contributed by atoms with Crippen LogP contribution in [0.1, 0.15) is 6.92 Å². The molecule has 0 spiro atoms. The highest BCUT2D eigenvalue weighted by molar-refractivity contribution is 7.14. The van der Waals surface area contributed by atoms with Crippen molar-refractivity contribution in [3.05, 3.63) is 35.5 Å². The first-order valence-electron chi connectivity index (χ1n) is 5.34. The quantitative estimate of drug-likeness (QED) is 0.924. The molecule has 4 nitrogen and oxygen atoms in total. The van der Waals surface area contributed by atoms with Crippen molar-refractivity contribution >= 4 is 22.6 Å². The first kappa shape index (κ1) is 12.5. The van der Waals surface area contributed by atoms with Crippen molar-refractivity contribution in [2.24, 2.45) is 0 Å². The molecular formula is C12H11FN2O2S. The lowest BCUT2D eigenvalue weighted by Crippen LogP contribution is -2.12. The van der Waals surface area contributed by atoms with E-state index in [1.54, 1.807) is 24.4 Å². The van der Waals surface area contributed by atoms with Crippen LogP contribution in [0.4, 0.5) is 14.3 Å². The van der Waals surface area contributed by atoms with Crippen LogP contribution in [0.5, 0.6) is 0 Å². The summed E-state index contributed by atoms with van der Waals surface area (Å²) in [5.74, 6) is -0.293. The van der Waals surface area contributed by atoms with Gasteiger partial charge in [-0.05, 0) is 31.2 Å². The number of thiazole rings is 1. The van der Waals surface area contributed by atoms with E-state index >= 15 is 0 Å². The number of anilines is 1. The zero-order chi connectivity index (χ0) is 13.0. The fourth-order valence-electron chi connectivity index (χ4n) is 1.34. The van der Waals surface area contributed by atoms with Crippen LogP contribution in [-0.2, 0) is 4.74 Å². The number of benzene rings is 1. The van der Waals surface area contributed by atoms with Crippen LogP contribution in [0, 0.1) is 5.82 Å². The molecule has 0 radical (unpaired) electrons. The number of amides is 1. The molecule has 0 unspecified atom stereocenters. The van der Waals surface area contributed by atoms with Crippen molar-refractivity contribution in [3.8, 4) is 11.3 Å². The van der Waals surface area contributed by atoms with E-state index in [-0.39, 0.29) is 5.82 Å². The predicted molar refractivity (Wildman–Crippen MR) is 68.2 cm³/mol. The second kappa shape index (κ2) is 5.59. The molecule has 1 heterocycles. The van der Waals surface area contributed by atoms with Crippen LogP contribution in [0.3, 0.4) is 0 Å². The highest BCUT2D eigenvalue weighted by atomic mass is 32.1. The summed E-state index contributed by atoms with van der Waals surface area (Å²) in [6, 6.07) is 6.01. The Kier molecular flexibility index (Phi) is 3.88. The second-order valence-electron chi connectivity index (χ2n) is 3.39. The summed E-state index contributed by atoms with van der Waals surface area (Å²) >= 11 is 1.29. The molecule has 0 aliphatic heterocycles. The van der Waals surface area contributed by atoms with Gasteiger partial charge in [-0.3, -0.25) is 5.32 Å². The Balaban J connectivity index is 2.10. The fourth-order valence-corrected chi connectivity index (χ4v) is 2.04. The Hall–Kier alpha value is -1.95. The van der Waals surface area contributed by atoms with E-state index in [2.05, 4.69) is 10.3 Å².